The minimum atomic E-state index is -2.67. The number of nitrogens with two attached hydrogens (primary N) is 1. The first-order valence-electron chi connectivity index (χ1n) is 13.5. The van der Waals surface area contributed by atoms with Crippen LogP contribution in [0, 0.1) is 0 Å². The summed E-state index contributed by atoms with van der Waals surface area (Å²) >= 11 is 0. The van der Waals surface area contributed by atoms with Gasteiger partial charge in [0.05, 0.1) is 18.3 Å². The SMILES string of the molecule is CCC(/C(O)=C1\C(C)=C(N(C)C)C=C(NC(=O)CNC(C)(C)C)C1O)=C(/O)[C@@]1(O)C[C@H](N(C)C)C(=O)C(C(N)=O)=C1O. The molecule has 2 rings (SSSR count). The summed E-state index contributed by atoms with van der Waals surface area (Å²) in [5, 5.41) is 62.5. The first-order valence-corrected chi connectivity index (χ1v) is 13.5. The van der Waals surface area contributed by atoms with Crippen LogP contribution in [-0.4, -0.2) is 111 Å². The van der Waals surface area contributed by atoms with Gasteiger partial charge < -0.3 is 46.8 Å². The lowest BCUT2D eigenvalue weighted by molar-refractivity contribution is -0.128. The normalized spacial score (nSPS) is 25.3. The summed E-state index contributed by atoms with van der Waals surface area (Å²) < 4.78 is 0. The monoisotopic (exact) mass is 591 g/mol. The second-order valence-electron chi connectivity index (χ2n) is 12.0. The van der Waals surface area contributed by atoms with E-state index in [4.69, 9.17) is 5.73 Å². The lowest BCUT2D eigenvalue weighted by Crippen LogP contribution is -2.53. The van der Waals surface area contributed by atoms with Crippen molar-refractivity contribution in [3.8, 4) is 0 Å². The Kier molecular flexibility index (Phi) is 10.4. The van der Waals surface area contributed by atoms with E-state index in [2.05, 4.69) is 10.6 Å². The van der Waals surface area contributed by atoms with Gasteiger partial charge in [-0.05, 0) is 59.9 Å². The largest absolute Gasteiger partial charge is 0.508 e. The van der Waals surface area contributed by atoms with Gasteiger partial charge in [0.25, 0.3) is 5.91 Å². The van der Waals surface area contributed by atoms with E-state index in [1.807, 2.05) is 20.8 Å². The molecule has 0 aliphatic heterocycles. The summed E-state index contributed by atoms with van der Waals surface area (Å²) in [6, 6.07) is -1.14. The summed E-state index contributed by atoms with van der Waals surface area (Å²) in [7, 11) is 6.49. The Balaban J connectivity index is 2.77. The van der Waals surface area contributed by atoms with Crippen LogP contribution in [0.5, 0.6) is 0 Å². The van der Waals surface area contributed by atoms with E-state index in [0.29, 0.717) is 11.3 Å². The zero-order valence-corrected chi connectivity index (χ0v) is 25.8. The van der Waals surface area contributed by atoms with E-state index in [9.17, 15) is 39.9 Å². The molecule has 0 saturated carbocycles. The van der Waals surface area contributed by atoms with Gasteiger partial charge in [-0.25, -0.2) is 0 Å². The Morgan fingerprint density at radius 3 is 2.19 bits per heavy atom. The molecule has 1 unspecified atom stereocenters. The molecule has 3 atom stereocenters. The van der Waals surface area contributed by atoms with E-state index in [1.54, 1.807) is 38.9 Å². The minimum Gasteiger partial charge on any atom is -0.508 e. The lowest BCUT2D eigenvalue weighted by Gasteiger charge is -2.38. The van der Waals surface area contributed by atoms with Crippen molar-refractivity contribution in [1.29, 1.82) is 0 Å². The number of primary amides is 1. The second kappa shape index (κ2) is 12.7. The number of likely N-dealkylation sites (N-methyl/N-ethyl adjacent to an activating group) is 2. The van der Waals surface area contributed by atoms with Gasteiger partial charge in [-0.3, -0.25) is 19.3 Å². The average molecular weight is 592 g/mol. The first kappa shape index (κ1) is 34.6. The van der Waals surface area contributed by atoms with Crippen molar-refractivity contribution < 1.29 is 39.9 Å². The van der Waals surface area contributed by atoms with Crippen molar-refractivity contribution >= 4 is 17.6 Å². The van der Waals surface area contributed by atoms with Crippen LogP contribution in [0.3, 0.4) is 0 Å². The van der Waals surface area contributed by atoms with Crippen LogP contribution < -0.4 is 16.4 Å². The van der Waals surface area contributed by atoms with Crippen LogP contribution in [0.1, 0.15) is 47.5 Å². The average Bonchev–Trinajstić information content (AvgIpc) is 2.86. The van der Waals surface area contributed by atoms with Gasteiger partial charge in [0.1, 0.15) is 29.0 Å². The van der Waals surface area contributed by atoms with E-state index in [1.165, 1.54) is 19.0 Å². The number of carbonyl (C=O) groups is 3. The third-order valence-corrected chi connectivity index (χ3v) is 7.30. The number of aliphatic hydroxyl groups excluding tert-OH is 4. The van der Waals surface area contributed by atoms with Gasteiger partial charge in [-0.1, -0.05) is 6.92 Å². The number of nitrogens with one attached hydrogen (secondary N) is 2. The molecule has 9 N–H and O–H groups in total. The predicted molar refractivity (Wildman–Crippen MR) is 157 cm³/mol. The topological polar surface area (TPSA) is 209 Å². The molecule has 234 valence electrons. The molecule has 42 heavy (non-hydrogen) atoms. The highest BCUT2D eigenvalue weighted by Gasteiger charge is 2.51. The number of allylic oxidation sites excluding steroid dienone is 2. The van der Waals surface area contributed by atoms with Gasteiger partial charge in [-0.15, -0.1) is 0 Å². The summed E-state index contributed by atoms with van der Waals surface area (Å²) in [6.07, 6.45) is -0.649. The van der Waals surface area contributed by atoms with Gasteiger partial charge in [0.15, 0.2) is 11.4 Å². The molecule has 0 saturated heterocycles. The zero-order chi connectivity index (χ0) is 32.5. The highest BCUT2D eigenvalue weighted by Crippen LogP contribution is 2.41. The quantitative estimate of drug-likeness (QED) is 0.137. The Morgan fingerprint density at radius 1 is 1.17 bits per heavy atom. The van der Waals surface area contributed by atoms with Crippen LogP contribution >= 0.6 is 0 Å². The zero-order valence-electron chi connectivity index (χ0n) is 25.8. The fourth-order valence-corrected chi connectivity index (χ4v) is 4.94. The summed E-state index contributed by atoms with van der Waals surface area (Å²) in [4.78, 5) is 40.7. The lowest BCUT2D eigenvalue weighted by atomic mass is 9.76. The molecule has 0 heterocycles. The highest BCUT2D eigenvalue weighted by atomic mass is 16.4. The maximum atomic E-state index is 12.8. The third kappa shape index (κ3) is 6.86. The molecule has 13 heteroatoms. The Labute approximate surface area is 246 Å². The number of carbonyl (C=O) groups excluding carboxylic acids is 3. The van der Waals surface area contributed by atoms with Gasteiger partial charge in [-0.2, -0.15) is 0 Å². The van der Waals surface area contributed by atoms with E-state index in [-0.39, 0.29) is 35.3 Å². The molecule has 0 fully saturated rings. The van der Waals surface area contributed by atoms with E-state index < -0.39 is 64.6 Å². The molecule has 0 spiro atoms. The molecule has 0 aromatic heterocycles. The minimum absolute atomic E-state index is 0.0495. The first-order chi connectivity index (χ1) is 19.2. The van der Waals surface area contributed by atoms with Crippen molar-refractivity contribution in [1.82, 2.24) is 20.4 Å². The van der Waals surface area contributed by atoms with Crippen molar-refractivity contribution in [3.63, 3.8) is 0 Å². The number of aliphatic hydroxyl groups is 5. The van der Waals surface area contributed by atoms with Crippen molar-refractivity contribution in [3.05, 3.63) is 57.0 Å². The standard InChI is InChI=1S/C29H45N5O8/c1-10-15(25(39)29(42)12-18(34(8)9)24(38)21(26(29)40)27(30)41)22(36)20-14(2)17(33(6)7)11-16(23(20)37)32-19(35)13-31-28(3,4)5/h11,18,23,31,36-37,39-40,42H,10,12-13H2,1-9H3,(H2,30,41)(H,32,35)/b22-20-,25-15-/t18-,23?,29-/m0/s1. The maximum Gasteiger partial charge on any atom is 0.255 e. The maximum absolute atomic E-state index is 12.8. The molecule has 0 radical (unpaired) electrons. The summed E-state index contributed by atoms with van der Waals surface area (Å²) in [6.45, 7) is 8.81. The predicted octanol–water partition coefficient (Wildman–Crippen LogP) is 0.550. The van der Waals surface area contributed by atoms with Gasteiger partial charge in [0.2, 0.25) is 5.91 Å². The molecule has 2 aliphatic rings. The van der Waals surface area contributed by atoms with Gasteiger partial charge >= 0.3 is 0 Å². The third-order valence-electron chi connectivity index (χ3n) is 7.30. The molecule has 13 nitrogen and oxygen atoms in total. The van der Waals surface area contributed by atoms with Crippen molar-refractivity contribution in [2.24, 2.45) is 5.73 Å². The second-order valence-corrected chi connectivity index (χ2v) is 12.0. The Bertz CT molecular complexity index is 1300. The smallest absolute Gasteiger partial charge is 0.255 e. The van der Waals surface area contributed by atoms with Crippen LogP contribution in [0.25, 0.3) is 0 Å². The Morgan fingerprint density at radius 2 is 1.74 bits per heavy atom. The van der Waals surface area contributed by atoms with Crippen molar-refractivity contribution in [2.45, 2.75) is 70.7 Å². The number of rotatable bonds is 9. The number of nitrogens with zero attached hydrogens (tertiary/aromatic N) is 2. The molecule has 0 aromatic rings. The molecule has 2 aliphatic carbocycles. The van der Waals surface area contributed by atoms with Crippen LogP contribution in [0.4, 0.5) is 0 Å². The number of ketones is 1. The fourth-order valence-electron chi connectivity index (χ4n) is 4.94. The van der Waals surface area contributed by atoms with Crippen molar-refractivity contribution in [2.75, 3.05) is 34.7 Å². The fraction of sp³-hybridized carbons (Fsp3) is 0.552. The summed E-state index contributed by atoms with van der Waals surface area (Å²) in [5.74, 6) is -5.24. The number of hydrogen-bond acceptors (Lipinski definition) is 11. The molecule has 0 aromatic carbocycles. The number of hydrogen-bond donors (Lipinski definition) is 8. The summed E-state index contributed by atoms with van der Waals surface area (Å²) in [5.41, 5.74) is 2.14. The molecule has 2 amide bonds. The van der Waals surface area contributed by atoms with Crippen LogP contribution in [-0.2, 0) is 14.4 Å². The van der Waals surface area contributed by atoms with Crippen LogP contribution in [0.15, 0.2) is 57.0 Å². The van der Waals surface area contributed by atoms with E-state index in [0.717, 1.165) is 0 Å². The van der Waals surface area contributed by atoms with E-state index >= 15 is 0 Å². The molecule has 0 bridgehead atoms. The molecular weight excluding hydrogens is 546 g/mol. The van der Waals surface area contributed by atoms with Gasteiger partial charge in [0, 0.05) is 42.9 Å². The molecular formula is C29H45N5O8. The number of Topliss-reactive ketones (excluding diaryl/α,β-unsaturated/α-hetero) is 1. The Hall–Kier alpha value is -3.65. The highest BCUT2D eigenvalue weighted by molar-refractivity contribution is 6.22. The van der Waals surface area contributed by atoms with Crippen LogP contribution in [0.2, 0.25) is 0 Å². The number of amides is 2.